The molecule has 2 rings (SSSR count). The zero-order valence-corrected chi connectivity index (χ0v) is 10.6. The Balaban J connectivity index is 2.49. The fraction of sp³-hybridized carbons (Fsp3) is 0.538. The van der Waals surface area contributed by atoms with Crippen LogP contribution in [-0.2, 0) is 5.54 Å². The summed E-state index contributed by atoms with van der Waals surface area (Å²) in [5.74, 6) is 1.32. The van der Waals surface area contributed by atoms with E-state index in [-0.39, 0.29) is 5.54 Å². The van der Waals surface area contributed by atoms with Crippen LogP contribution in [0.5, 0.6) is 5.75 Å². The quantitative estimate of drug-likeness (QED) is 0.859. The summed E-state index contributed by atoms with van der Waals surface area (Å²) in [6.45, 7) is 2.20. The van der Waals surface area contributed by atoms with Gasteiger partial charge in [0.25, 0.3) is 0 Å². The smallest absolute Gasteiger partial charge is 0.124 e. The molecule has 1 aromatic rings. The number of hydrogen-bond acceptors (Lipinski definition) is 2. The Morgan fingerprint density at radius 3 is 2.81 bits per heavy atom. The molecule has 0 spiro atoms. The number of nitrogens with two attached hydrogens (primary N) is 1. The fourth-order valence-electron chi connectivity index (χ4n) is 2.65. The molecule has 1 aliphatic rings. The van der Waals surface area contributed by atoms with Crippen molar-refractivity contribution in [3.05, 3.63) is 28.8 Å². The standard InChI is InChI=1S/C13H18ClNO/c1-9-4-3-7-13(9,15)11-8-10(14)5-6-12(11)16-2/h5-6,8-9H,3-4,7,15H2,1-2H3. The molecule has 2 unspecified atom stereocenters. The summed E-state index contributed by atoms with van der Waals surface area (Å²) in [7, 11) is 1.68. The lowest BCUT2D eigenvalue weighted by molar-refractivity contribution is 0.325. The molecule has 1 aromatic carbocycles. The summed E-state index contributed by atoms with van der Waals surface area (Å²) in [6, 6.07) is 5.69. The first kappa shape index (κ1) is 11.7. The molecule has 0 bridgehead atoms. The van der Waals surface area contributed by atoms with Gasteiger partial charge in [-0.05, 0) is 37.0 Å². The average molecular weight is 240 g/mol. The Morgan fingerprint density at radius 1 is 1.50 bits per heavy atom. The van der Waals surface area contributed by atoms with Gasteiger partial charge in [0.05, 0.1) is 7.11 Å². The van der Waals surface area contributed by atoms with Gasteiger partial charge in [-0.15, -0.1) is 0 Å². The third-order valence-electron chi connectivity index (χ3n) is 3.77. The maximum atomic E-state index is 6.53. The van der Waals surface area contributed by atoms with Gasteiger partial charge in [-0.2, -0.15) is 0 Å². The van der Waals surface area contributed by atoms with Crippen LogP contribution in [0, 0.1) is 5.92 Å². The van der Waals surface area contributed by atoms with Gasteiger partial charge >= 0.3 is 0 Å². The third-order valence-corrected chi connectivity index (χ3v) is 4.01. The first-order valence-corrected chi connectivity index (χ1v) is 6.08. The second-order valence-electron chi connectivity index (χ2n) is 4.68. The first-order chi connectivity index (χ1) is 7.58. The lowest BCUT2D eigenvalue weighted by Crippen LogP contribution is -2.39. The maximum Gasteiger partial charge on any atom is 0.124 e. The highest BCUT2D eigenvalue weighted by molar-refractivity contribution is 6.30. The van der Waals surface area contributed by atoms with Gasteiger partial charge in [0, 0.05) is 16.1 Å². The van der Waals surface area contributed by atoms with Crippen molar-refractivity contribution < 1.29 is 4.74 Å². The Kier molecular flexibility index (Phi) is 3.13. The van der Waals surface area contributed by atoms with Crippen LogP contribution >= 0.6 is 11.6 Å². The molecule has 0 heterocycles. The van der Waals surface area contributed by atoms with Gasteiger partial charge in [-0.25, -0.2) is 0 Å². The number of ether oxygens (including phenoxy) is 1. The number of rotatable bonds is 2. The molecule has 0 aromatic heterocycles. The highest BCUT2D eigenvalue weighted by atomic mass is 35.5. The second kappa shape index (κ2) is 4.27. The van der Waals surface area contributed by atoms with Gasteiger partial charge in [-0.3, -0.25) is 0 Å². The maximum absolute atomic E-state index is 6.53. The fourth-order valence-corrected chi connectivity index (χ4v) is 2.82. The number of benzene rings is 1. The van der Waals surface area contributed by atoms with Crippen molar-refractivity contribution in [3.63, 3.8) is 0 Å². The zero-order valence-electron chi connectivity index (χ0n) is 9.79. The van der Waals surface area contributed by atoms with Crippen LogP contribution in [0.15, 0.2) is 18.2 Å². The van der Waals surface area contributed by atoms with Gasteiger partial charge in [0.15, 0.2) is 0 Å². The van der Waals surface area contributed by atoms with Crippen LogP contribution < -0.4 is 10.5 Å². The summed E-state index contributed by atoms with van der Waals surface area (Å²) in [4.78, 5) is 0. The molecule has 0 saturated heterocycles. The van der Waals surface area contributed by atoms with E-state index in [4.69, 9.17) is 22.1 Å². The Labute approximate surface area is 102 Å². The molecule has 2 atom stereocenters. The largest absolute Gasteiger partial charge is 0.496 e. The number of halogens is 1. The van der Waals surface area contributed by atoms with E-state index < -0.39 is 0 Å². The SMILES string of the molecule is COc1ccc(Cl)cc1C1(N)CCCC1C. The number of methoxy groups -OCH3 is 1. The lowest BCUT2D eigenvalue weighted by atomic mass is 9.82. The van der Waals surface area contributed by atoms with E-state index in [9.17, 15) is 0 Å². The molecule has 1 saturated carbocycles. The van der Waals surface area contributed by atoms with Crippen molar-refractivity contribution in [1.82, 2.24) is 0 Å². The van der Waals surface area contributed by atoms with Gasteiger partial charge in [0.2, 0.25) is 0 Å². The predicted octanol–water partition coefficient (Wildman–Crippen LogP) is 3.32. The lowest BCUT2D eigenvalue weighted by Gasteiger charge is -2.31. The van der Waals surface area contributed by atoms with Crippen molar-refractivity contribution in [3.8, 4) is 5.75 Å². The average Bonchev–Trinajstić information content (AvgIpc) is 2.60. The van der Waals surface area contributed by atoms with Gasteiger partial charge < -0.3 is 10.5 Å². The van der Waals surface area contributed by atoms with Crippen molar-refractivity contribution in [2.75, 3.05) is 7.11 Å². The predicted molar refractivity (Wildman–Crippen MR) is 66.9 cm³/mol. The summed E-state index contributed by atoms with van der Waals surface area (Å²) in [5.41, 5.74) is 7.30. The normalized spacial score (nSPS) is 29.4. The minimum atomic E-state index is -0.282. The molecular weight excluding hydrogens is 222 g/mol. The van der Waals surface area contributed by atoms with Crippen LogP contribution in [0.2, 0.25) is 5.02 Å². The minimum Gasteiger partial charge on any atom is -0.496 e. The summed E-state index contributed by atoms with van der Waals surface area (Å²) >= 11 is 6.05. The molecule has 16 heavy (non-hydrogen) atoms. The van der Waals surface area contributed by atoms with Crippen molar-refractivity contribution >= 4 is 11.6 Å². The highest BCUT2D eigenvalue weighted by Gasteiger charge is 2.40. The summed E-state index contributed by atoms with van der Waals surface area (Å²) in [6.07, 6.45) is 3.35. The third kappa shape index (κ3) is 1.80. The van der Waals surface area contributed by atoms with E-state index in [1.54, 1.807) is 7.11 Å². The van der Waals surface area contributed by atoms with Crippen LogP contribution in [0.25, 0.3) is 0 Å². The van der Waals surface area contributed by atoms with Crippen LogP contribution in [-0.4, -0.2) is 7.11 Å². The van der Waals surface area contributed by atoms with Crippen LogP contribution in [0.1, 0.15) is 31.7 Å². The molecule has 2 N–H and O–H groups in total. The highest BCUT2D eigenvalue weighted by Crippen LogP contribution is 2.45. The van der Waals surface area contributed by atoms with Crippen LogP contribution in [0.3, 0.4) is 0 Å². The molecule has 1 aliphatic carbocycles. The molecule has 0 radical (unpaired) electrons. The summed E-state index contributed by atoms with van der Waals surface area (Å²) in [5, 5.41) is 0.722. The molecule has 2 nitrogen and oxygen atoms in total. The van der Waals surface area contributed by atoms with E-state index >= 15 is 0 Å². The van der Waals surface area contributed by atoms with Crippen molar-refractivity contribution in [2.24, 2.45) is 11.7 Å². The Morgan fingerprint density at radius 2 is 2.25 bits per heavy atom. The molecule has 88 valence electrons. The van der Waals surface area contributed by atoms with E-state index in [0.29, 0.717) is 5.92 Å². The first-order valence-electron chi connectivity index (χ1n) is 5.71. The van der Waals surface area contributed by atoms with E-state index in [1.165, 1.54) is 12.8 Å². The zero-order chi connectivity index (χ0) is 11.8. The van der Waals surface area contributed by atoms with Gasteiger partial charge in [0.1, 0.15) is 5.75 Å². The molecular formula is C13H18ClNO. The van der Waals surface area contributed by atoms with Gasteiger partial charge in [-0.1, -0.05) is 24.9 Å². The monoisotopic (exact) mass is 239 g/mol. The van der Waals surface area contributed by atoms with E-state index in [2.05, 4.69) is 6.92 Å². The minimum absolute atomic E-state index is 0.282. The molecule has 1 fully saturated rings. The van der Waals surface area contributed by atoms with Crippen LogP contribution in [0.4, 0.5) is 0 Å². The second-order valence-corrected chi connectivity index (χ2v) is 5.11. The summed E-state index contributed by atoms with van der Waals surface area (Å²) < 4.78 is 5.39. The van der Waals surface area contributed by atoms with E-state index in [0.717, 1.165) is 22.8 Å². The molecule has 3 heteroatoms. The topological polar surface area (TPSA) is 35.2 Å². The molecule has 0 aliphatic heterocycles. The Bertz CT molecular complexity index is 394. The molecule has 0 amide bonds. The van der Waals surface area contributed by atoms with E-state index in [1.807, 2.05) is 18.2 Å². The van der Waals surface area contributed by atoms with Crippen molar-refractivity contribution in [1.29, 1.82) is 0 Å². The Hall–Kier alpha value is -0.730. The van der Waals surface area contributed by atoms with Crippen molar-refractivity contribution in [2.45, 2.75) is 31.7 Å². The number of hydrogen-bond donors (Lipinski definition) is 1.